The second-order valence-corrected chi connectivity index (χ2v) is 4.19. The van der Waals surface area contributed by atoms with Crippen LogP contribution in [0.4, 0.5) is 5.69 Å². The van der Waals surface area contributed by atoms with E-state index in [0.717, 1.165) is 18.2 Å². The molecule has 1 rings (SSSR count). The maximum absolute atomic E-state index is 5.10. The highest BCUT2D eigenvalue weighted by Gasteiger charge is 1.95. The van der Waals surface area contributed by atoms with E-state index in [2.05, 4.69) is 19.2 Å². The summed E-state index contributed by atoms with van der Waals surface area (Å²) in [6.45, 7) is 5.56. The van der Waals surface area contributed by atoms with Crippen molar-refractivity contribution >= 4 is 5.69 Å². The first-order chi connectivity index (χ1) is 7.22. The molecule has 0 aliphatic heterocycles. The van der Waals surface area contributed by atoms with E-state index in [1.54, 1.807) is 7.11 Å². The molecule has 0 aliphatic carbocycles. The van der Waals surface area contributed by atoms with Crippen molar-refractivity contribution in [2.24, 2.45) is 5.92 Å². The van der Waals surface area contributed by atoms with Crippen LogP contribution >= 0.6 is 0 Å². The van der Waals surface area contributed by atoms with Gasteiger partial charge in [-0.3, -0.25) is 0 Å². The van der Waals surface area contributed by atoms with Gasteiger partial charge >= 0.3 is 0 Å². The van der Waals surface area contributed by atoms with Crippen LogP contribution < -0.4 is 10.1 Å². The van der Waals surface area contributed by atoms with Crippen molar-refractivity contribution in [3.63, 3.8) is 0 Å². The van der Waals surface area contributed by atoms with Crippen LogP contribution in [0.5, 0.6) is 5.75 Å². The Balaban J connectivity index is 2.25. The minimum atomic E-state index is 0.794. The highest BCUT2D eigenvalue weighted by Crippen LogP contribution is 2.15. The first-order valence-electron chi connectivity index (χ1n) is 5.60. The molecule has 0 bridgehead atoms. The van der Waals surface area contributed by atoms with E-state index in [1.807, 2.05) is 24.3 Å². The predicted molar refractivity (Wildman–Crippen MR) is 65.6 cm³/mol. The molecule has 0 aliphatic rings. The molecule has 1 aromatic rings. The highest BCUT2D eigenvalue weighted by molar-refractivity contribution is 5.46. The normalized spacial score (nSPS) is 10.4. The summed E-state index contributed by atoms with van der Waals surface area (Å²) in [5.74, 6) is 1.70. The quantitative estimate of drug-likeness (QED) is 0.720. The second kappa shape index (κ2) is 6.33. The number of benzene rings is 1. The van der Waals surface area contributed by atoms with Gasteiger partial charge < -0.3 is 10.1 Å². The number of ether oxygens (including phenoxy) is 1. The highest BCUT2D eigenvalue weighted by atomic mass is 16.5. The third-order valence-corrected chi connectivity index (χ3v) is 2.38. The van der Waals surface area contributed by atoms with Crippen LogP contribution in [-0.2, 0) is 0 Å². The lowest BCUT2D eigenvalue weighted by Crippen LogP contribution is -2.02. The molecule has 1 aromatic carbocycles. The average Bonchev–Trinajstić information content (AvgIpc) is 2.25. The monoisotopic (exact) mass is 207 g/mol. The number of anilines is 1. The summed E-state index contributed by atoms with van der Waals surface area (Å²) in [7, 11) is 1.69. The molecule has 0 radical (unpaired) electrons. The summed E-state index contributed by atoms with van der Waals surface area (Å²) >= 11 is 0. The first kappa shape index (κ1) is 11.9. The molecule has 0 spiro atoms. The Morgan fingerprint density at radius 3 is 2.40 bits per heavy atom. The summed E-state index contributed by atoms with van der Waals surface area (Å²) in [6, 6.07) is 8.05. The molecule has 0 unspecified atom stereocenters. The predicted octanol–water partition coefficient (Wildman–Crippen LogP) is 3.54. The SMILES string of the molecule is COc1ccc(NCCCC(C)C)cc1. The fourth-order valence-corrected chi connectivity index (χ4v) is 1.45. The van der Waals surface area contributed by atoms with Gasteiger partial charge in [-0.1, -0.05) is 13.8 Å². The number of nitrogens with one attached hydrogen (secondary N) is 1. The molecule has 0 saturated carbocycles. The van der Waals surface area contributed by atoms with Gasteiger partial charge in [0.2, 0.25) is 0 Å². The number of rotatable bonds is 6. The molecule has 0 atom stereocenters. The van der Waals surface area contributed by atoms with Gasteiger partial charge in [0, 0.05) is 12.2 Å². The smallest absolute Gasteiger partial charge is 0.119 e. The third-order valence-electron chi connectivity index (χ3n) is 2.38. The van der Waals surface area contributed by atoms with E-state index in [9.17, 15) is 0 Å². The zero-order valence-corrected chi connectivity index (χ0v) is 9.92. The largest absolute Gasteiger partial charge is 0.497 e. The lowest BCUT2D eigenvalue weighted by Gasteiger charge is -2.08. The molecule has 2 heteroatoms. The lowest BCUT2D eigenvalue weighted by atomic mass is 10.1. The summed E-state index contributed by atoms with van der Waals surface area (Å²) in [6.07, 6.45) is 2.51. The van der Waals surface area contributed by atoms with Gasteiger partial charge in [-0.05, 0) is 43.0 Å². The Bertz CT molecular complexity index is 266. The second-order valence-electron chi connectivity index (χ2n) is 4.19. The zero-order valence-electron chi connectivity index (χ0n) is 9.92. The van der Waals surface area contributed by atoms with Crippen molar-refractivity contribution in [1.82, 2.24) is 0 Å². The molecule has 1 N–H and O–H groups in total. The van der Waals surface area contributed by atoms with Crippen molar-refractivity contribution < 1.29 is 4.74 Å². The molecule has 0 saturated heterocycles. The van der Waals surface area contributed by atoms with E-state index in [4.69, 9.17) is 4.74 Å². The van der Waals surface area contributed by atoms with Crippen molar-refractivity contribution in [3.8, 4) is 5.75 Å². The van der Waals surface area contributed by atoms with Crippen molar-refractivity contribution in [1.29, 1.82) is 0 Å². The molecule has 0 fully saturated rings. The lowest BCUT2D eigenvalue weighted by molar-refractivity contribution is 0.415. The summed E-state index contributed by atoms with van der Waals surface area (Å²) < 4.78 is 5.10. The van der Waals surface area contributed by atoms with E-state index in [0.29, 0.717) is 0 Å². The van der Waals surface area contributed by atoms with Gasteiger partial charge in [-0.25, -0.2) is 0 Å². The third kappa shape index (κ3) is 4.73. The van der Waals surface area contributed by atoms with Gasteiger partial charge in [0.05, 0.1) is 7.11 Å². The minimum Gasteiger partial charge on any atom is -0.497 e. The average molecular weight is 207 g/mol. The maximum Gasteiger partial charge on any atom is 0.119 e. The van der Waals surface area contributed by atoms with E-state index < -0.39 is 0 Å². The fourth-order valence-electron chi connectivity index (χ4n) is 1.45. The molecule has 84 valence electrons. The van der Waals surface area contributed by atoms with E-state index in [1.165, 1.54) is 18.5 Å². The van der Waals surface area contributed by atoms with Crippen molar-refractivity contribution in [2.45, 2.75) is 26.7 Å². The van der Waals surface area contributed by atoms with Gasteiger partial charge in [-0.2, -0.15) is 0 Å². The fraction of sp³-hybridized carbons (Fsp3) is 0.538. The number of methoxy groups -OCH3 is 1. The number of hydrogen-bond donors (Lipinski definition) is 1. The molecule has 0 heterocycles. The first-order valence-corrected chi connectivity index (χ1v) is 5.60. The van der Waals surface area contributed by atoms with Gasteiger partial charge in [-0.15, -0.1) is 0 Å². The van der Waals surface area contributed by atoms with Gasteiger partial charge in [0.25, 0.3) is 0 Å². The molecule has 0 aromatic heterocycles. The van der Waals surface area contributed by atoms with Crippen LogP contribution in [0.1, 0.15) is 26.7 Å². The molecular formula is C13H21NO. The molecule has 0 amide bonds. The maximum atomic E-state index is 5.10. The standard InChI is InChI=1S/C13H21NO/c1-11(2)5-4-10-14-12-6-8-13(15-3)9-7-12/h6-9,11,14H,4-5,10H2,1-3H3. The Morgan fingerprint density at radius 1 is 1.20 bits per heavy atom. The minimum absolute atomic E-state index is 0.794. The molecule has 2 nitrogen and oxygen atoms in total. The van der Waals surface area contributed by atoms with Crippen LogP contribution in [0.15, 0.2) is 24.3 Å². The van der Waals surface area contributed by atoms with Crippen LogP contribution in [0.3, 0.4) is 0 Å². The van der Waals surface area contributed by atoms with Crippen LogP contribution in [0.2, 0.25) is 0 Å². The Morgan fingerprint density at radius 2 is 1.87 bits per heavy atom. The zero-order chi connectivity index (χ0) is 11.1. The summed E-state index contributed by atoms with van der Waals surface area (Å²) in [5.41, 5.74) is 1.17. The van der Waals surface area contributed by atoms with Crippen LogP contribution in [0, 0.1) is 5.92 Å². The van der Waals surface area contributed by atoms with Crippen LogP contribution in [0.25, 0.3) is 0 Å². The summed E-state index contributed by atoms with van der Waals surface area (Å²) in [4.78, 5) is 0. The molecule has 15 heavy (non-hydrogen) atoms. The van der Waals surface area contributed by atoms with Crippen LogP contribution in [-0.4, -0.2) is 13.7 Å². The van der Waals surface area contributed by atoms with Crippen molar-refractivity contribution in [2.75, 3.05) is 19.0 Å². The van der Waals surface area contributed by atoms with E-state index >= 15 is 0 Å². The van der Waals surface area contributed by atoms with Gasteiger partial charge in [0.1, 0.15) is 5.75 Å². The number of hydrogen-bond acceptors (Lipinski definition) is 2. The van der Waals surface area contributed by atoms with E-state index in [-0.39, 0.29) is 0 Å². The van der Waals surface area contributed by atoms with Crippen molar-refractivity contribution in [3.05, 3.63) is 24.3 Å². The molecular weight excluding hydrogens is 186 g/mol. The Labute approximate surface area is 92.6 Å². The topological polar surface area (TPSA) is 21.3 Å². The Kier molecular flexibility index (Phi) is 5.02. The Hall–Kier alpha value is -1.18. The summed E-state index contributed by atoms with van der Waals surface area (Å²) in [5, 5.41) is 3.40. The van der Waals surface area contributed by atoms with Gasteiger partial charge in [0.15, 0.2) is 0 Å².